The van der Waals surface area contributed by atoms with Gasteiger partial charge in [0.2, 0.25) is 0 Å². The van der Waals surface area contributed by atoms with Crippen LogP contribution in [0.25, 0.3) is 21.7 Å². The van der Waals surface area contributed by atoms with Crippen LogP contribution < -0.4 is 5.63 Å². The maximum atomic E-state index is 12.1. The molecule has 0 atom stereocenters. The highest BCUT2D eigenvalue weighted by atomic mass is 16.4. The predicted octanol–water partition coefficient (Wildman–Crippen LogP) is 3.52. The van der Waals surface area contributed by atoms with Crippen LogP contribution in [0.1, 0.15) is 18.1 Å². The Morgan fingerprint density at radius 1 is 1.21 bits per heavy atom. The minimum Gasteiger partial charge on any atom is -0.507 e. The summed E-state index contributed by atoms with van der Waals surface area (Å²) in [5.41, 5.74) is 1.85. The quantitative estimate of drug-likeness (QED) is 0.534. The third-order valence-electron chi connectivity index (χ3n) is 3.57. The first-order valence-corrected chi connectivity index (χ1v) is 6.30. The molecule has 0 spiro atoms. The number of phenolic OH excluding ortho intramolecular Hbond substituents is 1. The van der Waals surface area contributed by atoms with Gasteiger partial charge in [-0.2, -0.15) is 0 Å². The number of fused-ring (bicyclic) bond motifs is 3. The molecule has 3 aromatic rings. The minimum atomic E-state index is -0.485. The Hall–Kier alpha value is -2.29. The van der Waals surface area contributed by atoms with Crippen molar-refractivity contribution in [2.45, 2.75) is 20.3 Å². The summed E-state index contributed by atoms with van der Waals surface area (Å²) in [6.07, 6.45) is 0.680. The third kappa shape index (κ3) is 1.62. The first-order valence-electron chi connectivity index (χ1n) is 6.30. The molecule has 0 bridgehead atoms. The van der Waals surface area contributed by atoms with Gasteiger partial charge in [-0.15, -0.1) is 0 Å². The van der Waals surface area contributed by atoms with E-state index in [0.29, 0.717) is 12.0 Å². The summed E-state index contributed by atoms with van der Waals surface area (Å²) in [5, 5.41) is 12.2. The molecule has 2 aromatic carbocycles. The molecule has 0 saturated heterocycles. The molecule has 1 N–H and O–H groups in total. The van der Waals surface area contributed by atoms with Crippen LogP contribution in [0.2, 0.25) is 0 Å². The number of hydrogen-bond acceptors (Lipinski definition) is 3. The molecule has 0 aliphatic rings. The van der Waals surface area contributed by atoms with E-state index in [1.54, 1.807) is 6.07 Å². The van der Waals surface area contributed by atoms with E-state index < -0.39 is 5.63 Å². The van der Waals surface area contributed by atoms with Crippen LogP contribution in [0, 0.1) is 6.92 Å². The van der Waals surface area contributed by atoms with Crippen molar-refractivity contribution in [3.8, 4) is 5.75 Å². The van der Waals surface area contributed by atoms with Gasteiger partial charge < -0.3 is 9.52 Å². The molecular formula is C16H14O3. The number of phenols is 1. The SMILES string of the molecule is CCc1c(C)cc2c(c1O)c(=O)oc1ccccc12. The van der Waals surface area contributed by atoms with Crippen LogP contribution in [0.3, 0.4) is 0 Å². The van der Waals surface area contributed by atoms with E-state index in [1.807, 2.05) is 38.1 Å². The molecule has 0 fully saturated rings. The Morgan fingerprint density at radius 3 is 2.68 bits per heavy atom. The second kappa shape index (κ2) is 4.12. The van der Waals surface area contributed by atoms with Crippen molar-refractivity contribution in [1.29, 1.82) is 0 Å². The lowest BCUT2D eigenvalue weighted by atomic mass is 9.98. The summed E-state index contributed by atoms with van der Waals surface area (Å²) in [6, 6.07) is 9.32. The molecule has 3 heteroatoms. The summed E-state index contributed by atoms with van der Waals surface area (Å²) < 4.78 is 5.28. The van der Waals surface area contributed by atoms with Crippen molar-refractivity contribution in [3.63, 3.8) is 0 Å². The minimum absolute atomic E-state index is 0.0528. The van der Waals surface area contributed by atoms with Crippen LogP contribution in [-0.2, 0) is 6.42 Å². The largest absolute Gasteiger partial charge is 0.507 e. The zero-order chi connectivity index (χ0) is 13.6. The smallest absolute Gasteiger partial charge is 0.347 e. The van der Waals surface area contributed by atoms with Gasteiger partial charge in [-0.25, -0.2) is 4.79 Å². The van der Waals surface area contributed by atoms with E-state index in [1.165, 1.54) is 0 Å². The maximum absolute atomic E-state index is 12.1. The fraction of sp³-hybridized carbons (Fsp3) is 0.188. The molecule has 0 aliphatic carbocycles. The summed E-state index contributed by atoms with van der Waals surface area (Å²) in [7, 11) is 0. The summed E-state index contributed by atoms with van der Waals surface area (Å²) in [6.45, 7) is 3.90. The molecule has 0 aliphatic heterocycles. The average Bonchev–Trinajstić information content (AvgIpc) is 2.38. The van der Waals surface area contributed by atoms with Gasteiger partial charge in [0, 0.05) is 10.8 Å². The van der Waals surface area contributed by atoms with Crippen molar-refractivity contribution >= 4 is 21.7 Å². The second-order valence-corrected chi connectivity index (χ2v) is 4.68. The fourth-order valence-electron chi connectivity index (χ4n) is 2.64. The molecule has 0 unspecified atom stereocenters. The molecule has 3 rings (SSSR count). The van der Waals surface area contributed by atoms with E-state index in [9.17, 15) is 9.90 Å². The van der Waals surface area contributed by atoms with Gasteiger partial charge >= 0.3 is 5.63 Å². The van der Waals surface area contributed by atoms with Gasteiger partial charge in [0.15, 0.2) is 0 Å². The Bertz CT molecular complexity index is 844. The summed E-state index contributed by atoms with van der Waals surface area (Å²) >= 11 is 0. The van der Waals surface area contributed by atoms with Gasteiger partial charge in [0.1, 0.15) is 16.7 Å². The predicted molar refractivity (Wildman–Crippen MR) is 75.8 cm³/mol. The van der Waals surface area contributed by atoms with Crippen LogP contribution in [0.5, 0.6) is 5.75 Å². The Morgan fingerprint density at radius 2 is 1.95 bits per heavy atom. The Labute approximate surface area is 110 Å². The fourth-order valence-corrected chi connectivity index (χ4v) is 2.64. The molecule has 19 heavy (non-hydrogen) atoms. The zero-order valence-corrected chi connectivity index (χ0v) is 10.9. The highest BCUT2D eigenvalue weighted by molar-refractivity contribution is 6.07. The Balaban J connectivity index is 2.64. The van der Waals surface area contributed by atoms with Crippen molar-refractivity contribution in [1.82, 2.24) is 0 Å². The molecular weight excluding hydrogens is 240 g/mol. The molecule has 3 nitrogen and oxygen atoms in total. The Kier molecular flexibility index (Phi) is 2.56. The third-order valence-corrected chi connectivity index (χ3v) is 3.57. The average molecular weight is 254 g/mol. The van der Waals surface area contributed by atoms with Crippen molar-refractivity contribution in [2.24, 2.45) is 0 Å². The van der Waals surface area contributed by atoms with Gasteiger partial charge in [0.25, 0.3) is 0 Å². The van der Waals surface area contributed by atoms with E-state index in [-0.39, 0.29) is 11.1 Å². The molecule has 0 amide bonds. The van der Waals surface area contributed by atoms with Crippen molar-refractivity contribution in [2.75, 3.05) is 0 Å². The lowest BCUT2D eigenvalue weighted by molar-refractivity contribution is 0.471. The second-order valence-electron chi connectivity index (χ2n) is 4.68. The van der Waals surface area contributed by atoms with Crippen molar-refractivity contribution in [3.05, 3.63) is 51.9 Å². The molecule has 0 radical (unpaired) electrons. The first-order chi connectivity index (χ1) is 9.13. The van der Waals surface area contributed by atoms with Crippen LogP contribution >= 0.6 is 0 Å². The number of rotatable bonds is 1. The topological polar surface area (TPSA) is 50.4 Å². The molecule has 96 valence electrons. The first kappa shape index (κ1) is 11.8. The van der Waals surface area contributed by atoms with Gasteiger partial charge in [0.05, 0.1) is 0 Å². The maximum Gasteiger partial charge on any atom is 0.347 e. The van der Waals surface area contributed by atoms with Crippen LogP contribution in [0.4, 0.5) is 0 Å². The van der Waals surface area contributed by atoms with E-state index >= 15 is 0 Å². The number of para-hydroxylation sites is 1. The normalized spacial score (nSPS) is 11.3. The summed E-state index contributed by atoms with van der Waals surface area (Å²) in [4.78, 5) is 12.1. The highest BCUT2D eigenvalue weighted by Crippen LogP contribution is 2.33. The number of benzene rings is 2. The monoisotopic (exact) mass is 254 g/mol. The van der Waals surface area contributed by atoms with E-state index in [2.05, 4.69) is 0 Å². The van der Waals surface area contributed by atoms with E-state index in [0.717, 1.165) is 21.9 Å². The lowest BCUT2D eigenvalue weighted by Crippen LogP contribution is -2.02. The number of aryl methyl sites for hydroxylation is 1. The van der Waals surface area contributed by atoms with Gasteiger partial charge in [-0.05, 0) is 36.6 Å². The number of aromatic hydroxyl groups is 1. The van der Waals surface area contributed by atoms with E-state index in [4.69, 9.17) is 4.42 Å². The van der Waals surface area contributed by atoms with Gasteiger partial charge in [-0.1, -0.05) is 25.1 Å². The lowest BCUT2D eigenvalue weighted by Gasteiger charge is -2.10. The van der Waals surface area contributed by atoms with Gasteiger partial charge in [-0.3, -0.25) is 0 Å². The molecule has 1 heterocycles. The standard InChI is InChI=1S/C16H14O3/c1-3-10-9(2)8-12-11-6-4-5-7-13(11)19-16(18)14(12)15(10)17/h4-8,17H,3H2,1-2H3. The van der Waals surface area contributed by atoms with Crippen molar-refractivity contribution < 1.29 is 9.52 Å². The zero-order valence-electron chi connectivity index (χ0n) is 10.9. The van der Waals surface area contributed by atoms with Crippen LogP contribution in [0.15, 0.2) is 39.5 Å². The molecule has 0 saturated carbocycles. The van der Waals surface area contributed by atoms with Crippen LogP contribution in [-0.4, -0.2) is 5.11 Å². The molecule has 1 aromatic heterocycles. The number of hydrogen-bond donors (Lipinski definition) is 1. The summed E-state index contributed by atoms with van der Waals surface area (Å²) in [5.74, 6) is 0.0528. The highest BCUT2D eigenvalue weighted by Gasteiger charge is 2.15.